The lowest BCUT2D eigenvalue weighted by molar-refractivity contribution is -0.139. The van der Waals surface area contributed by atoms with Gasteiger partial charge in [-0.3, -0.25) is 4.79 Å². The Hall–Kier alpha value is -0.790. The third-order valence-corrected chi connectivity index (χ3v) is 3.31. The Morgan fingerprint density at radius 2 is 2.14 bits per heavy atom. The van der Waals surface area contributed by atoms with E-state index >= 15 is 0 Å². The van der Waals surface area contributed by atoms with E-state index in [0.717, 1.165) is 12.8 Å². The summed E-state index contributed by atoms with van der Waals surface area (Å²) in [7, 11) is 0. The van der Waals surface area contributed by atoms with Crippen LogP contribution in [0.5, 0.6) is 0 Å². The van der Waals surface area contributed by atoms with Gasteiger partial charge in [0.2, 0.25) is 5.78 Å². The smallest absolute Gasteiger partial charge is 0.202 e. The number of rotatable bonds is 0. The van der Waals surface area contributed by atoms with Gasteiger partial charge < -0.3 is 4.74 Å². The highest BCUT2D eigenvalue weighted by Crippen LogP contribution is 2.47. The number of carbonyl (C=O) groups excluding carboxylic acids is 1. The van der Waals surface area contributed by atoms with Gasteiger partial charge in [-0.25, -0.2) is 0 Å². The minimum Gasteiger partial charge on any atom is -0.487 e. The molecule has 14 heavy (non-hydrogen) atoms. The first kappa shape index (κ1) is 9.75. The number of hydrogen-bond acceptors (Lipinski definition) is 2. The first-order valence-corrected chi connectivity index (χ1v) is 5.32. The van der Waals surface area contributed by atoms with Crippen molar-refractivity contribution in [3.05, 3.63) is 12.3 Å². The van der Waals surface area contributed by atoms with Crippen molar-refractivity contribution in [2.24, 2.45) is 11.3 Å². The zero-order valence-corrected chi connectivity index (χ0v) is 9.17. The Kier molecular flexibility index (Phi) is 1.98. The van der Waals surface area contributed by atoms with Gasteiger partial charge in [0.05, 0.1) is 6.26 Å². The van der Waals surface area contributed by atoms with E-state index in [-0.39, 0.29) is 11.2 Å². The van der Waals surface area contributed by atoms with E-state index in [9.17, 15) is 4.79 Å². The molecule has 2 atom stereocenters. The second kappa shape index (κ2) is 2.85. The van der Waals surface area contributed by atoms with Crippen LogP contribution in [0.15, 0.2) is 12.3 Å². The molecule has 1 aliphatic carbocycles. The topological polar surface area (TPSA) is 26.3 Å². The van der Waals surface area contributed by atoms with E-state index in [1.54, 1.807) is 12.3 Å². The van der Waals surface area contributed by atoms with Gasteiger partial charge >= 0.3 is 0 Å². The fraction of sp³-hybridized carbons (Fsp3) is 0.750. The molecule has 2 heteroatoms. The highest BCUT2D eigenvalue weighted by molar-refractivity contribution is 5.98. The van der Waals surface area contributed by atoms with Crippen LogP contribution < -0.4 is 0 Å². The van der Waals surface area contributed by atoms with E-state index in [4.69, 9.17) is 4.74 Å². The number of hydrogen-bond donors (Lipinski definition) is 0. The Morgan fingerprint density at radius 3 is 2.64 bits per heavy atom. The number of carbonyl (C=O) groups is 1. The molecule has 1 heterocycles. The summed E-state index contributed by atoms with van der Waals surface area (Å²) >= 11 is 0. The number of ketones is 1. The van der Waals surface area contributed by atoms with Crippen LogP contribution in [-0.2, 0) is 9.53 Å². The highest BCUT2D eigenvalue weighted by atomic mass is 16.5. The molecule has 0 N–H and O–H groups in total. The van der Waals surface area contributed by atoms with E-state index in [0.29, 0.717) is 5.92 Å². The maximum absolute atomic E-state index is 11.8. The molecule has 78 valence electrons. The molecule has 1 aliphatic heterocycles. The Labute approximate surface area is 85.3 Å². The second-order valence-corrected chi connectivity index (χ2v) is 5.63. The van der Waals surface area contributed by atoms with Crippen molar-refractivity contribution in [2.75, 3.05) is 0 Å². The van der Waals surface area contributed by atoms with E-state index < -0.39 is 5.60 Å². The quantitative estimate of drug-likeness (QED) is 0.592. The van der Waals surface area contributed by atoms with Crippen molar-refractivity contribution in [2.45, 2.75) is 45.6 Å². The van der Waals surface area contributed by atoms with Crippen molar-refractivity contribution in [3.8, 4) is 0 Å². The molecule has 0 amide bonds. The summed E-state index contributed by atoms with van der Waals surface area (Å²) in [5, 5.41) is 0. The molecular weight excluding hydrogens is 176 g/mol. The molecule has 0 bridgehead atoms. The van der Waals surface area contributed by atoms with Gasteiger partial charge in [0, 0.05) is 6.08 Å². The third kappa shape index (κ3) is 1.47. The van der Waals surface area contributed by atoms with Gasteiger partial charge in [0.25, 0.3) is 0 Å². The molecule has 2 nitrogen and oxygen atoms in total. The molecule has 0 aromatic carbocycles. The second-order valence-electron chi connectivity index (χ2n) is 5.63. The normalized spacial score (nSPS) is 40.2. The van der Waals surface area contributed by atoms with Crippen LogP contribution in [0.2, 0.25) is 0 Å². The fourth-order valence-electron chi connectivity index (χ4n) is 3.21. The van der Waals surface area contributed by atoms with Crippen molar-refractivity contribution >= 4 is 5.78 Å². The predicted molar refractivity (Wildman–Crippen MR) is 54.8 cm³/mol. The SMILES string of the molecule is CC1CC(C)(C)CC2(C1)OC=CC2=O. The van der Waals surface area contributed by atoms with Gasteiger partial charge in [-0.1, -0.05) is 20.8 Å². The highest BCUT2D eigenvalue weighted by Gasteiger charge is 2.50. The van der Waals surface area contributed by atoms with Crippen LogP contribution in [0.3, 0.4) is 0 Å². The molecule has 0 aromatic heterocycles. The van der Waals surface area contributed by atoms with Crippen LogP contribution in [0.25, 0.3) is 0 Å². The molecule has 1 fully saturated rings. The lowest BCUT2D eigenvalue weighted by Gasteiger charge is -2.43. The lowest BCUT2D eigenvalue weighted by atomic mass is 9.65. The summed E-state index contributed by atoms with van der Waals surface area (Å²) in [4.78, 5) is 11.8. The van der Waals surface area contributed by atoms with Crippen molar-refractivity contribution in [3.63, 3.8) is 0 Å². The van der Waals surface area contributed by atoms with Gasteiger partial charge in [-0.05, 0) is 30.6 Å². The van der Waals surface area contributed by atoms with Crippen molar-refractivity contribution in [1.29, 1.82) is 0 Å². The average molecular weight is 194 g/mol. The molecule has 0 aromatic rings. The van der Waals surface area contributed by atoms with Gasteiger partial charge in [-0.2, -0.15) is 0 Å². The van der Waals surface area contributed by atoms with Crippen LogP contribution in [0, 0.1) is 11.3 Å². The summed E-state index contributed by atoms with van der Waals surface area (Å²) < 4.78 is 5.57. The Bertz CT molecular complexity index is 291. The van der Waals surface area contributed by atoms with Crippen LogP contribution in [-0.4, -0.2) is 11.4 Å². The standard InChI is InChI=1S/C12H18O2/c1-9-6-11(2,3)8-12(7-9)10(13)4-5-14-12/h4-5,9H,6-8H2,1-3H3. The molecule has 2 aliphatic rings. The van der Waals surface area contributed by atoms with Gasteiger partial charge in [0.1, 0.15) is 0 Å². The monoisotopic (exact) mass is 194 g/mol. The van der Waals surface area contributed by atoms with Crippen LogP contribution in [0.1, 0.15) is 40.0 Å². The summed E-state index contributed by atoms with van der Waals surface area (Å²) in [5.74, 6) is 0.736. The van der Waals surface area contributed by atoms with E-state index in [1.165, 1.54) is 6.42 Å². The number of ether oxygens (including phenoxy) is 1. The minimum atomic E-state index is -0.513. The minimum absolute atomic E-state index is 0.164. The lowest BCUT2D eigenvalue weighted by Crippen LogP contribution is -2.46. The van der Waals surface area contributed by atoms with E-state index in [1.807, 2.05) is 0 Å². The summed E-state index contributed by atoms with van der Waals surface area (Å²) in [6, 6.07) is 0. The van der Waals surface area contributed by atoms with Crippen LogP contribution in [0.4, 0.5) is 0 Å². The molecule has 1 spiro atoms. The van der Waals surface area contributed by atoms with E-state index in [2.05, 4.69) is 20.8 Å². The van der Waals surface area contributed by atoms with Crippen LogP contribution >= 0.6 is 0 Å². The van der Waals surface area contributed by atoms with Gasteiger partial charge in [-0.15, -0.1) is 0 Å². The molecule has 1 saturated carbocycles. The Morgan fingerprint density at radius 1 is 1.43 bits per heavy atom. The molecular formula is C12H18O2. The fourth-order valence-corrected chi connectivity index (χ4v) is 3.21. The zero-order chi connectivity index (χ0) is 10.4. The zero-order valence-electron chi connectivity index (χ0n) is 9.17. The summed E-state index contributed by atoms with van der Waals surface area (Å²) in [6.45, 7) is 6.65. The van der Waals surface area contributed by atoms with Crippen molar-refractivity contribution < 1.29 is 9.53 Å². The molecule has 0 saturated heterocycles. The summed E-state index contributed by atoms with van der Waals surface area (Å²) in [6.07, 6.45) is 6.06. The predicted octanol–water partition coefficient (Wildman–Crippen LogP) is 2.68. The van der Waals surface area contributed by atoms with Crippen molar-refractivity contribution in [1.82, 2.24) is 0 Å². The van der Waals surface area contributed by atoms with Gasteiger partial charge in [0.15, 0.2) is 5.60 Å². The molecule has 2 rings (SSSR count). The maximum atomic E-state index is 11.8. The maximum Gasteiger partial charge on any atom is 0.202 e. The first-order valence-electron chi connectivity index (χ1n) is 5.32. The Balaban J connectivity index is 2.25. The largest absolute Gasteiger partial charge is 0.487 e. The summed E-state index contributed by atoms with van der Waals surface area (Å²) in [5.41, 5.74) is -0.291. The molecule has 2 unspecified atom stereocenters. The first-order chi connectivity index (χ1) is 6.44. The average Bonchev–Trinajstić information content (AvgIpc) is 2.27. The molecule has 0 radical (unpaired) electrons. The third-order valence-electron chi connectivity index (χ3n) is 3.31.